The van der Waals surface area contributed by atoms with Crippen molar-refractivity contribution in [3.63, 3.8) is 0 Å². The minimum Gasteiger partial charge on any atom is -0.462 e. The van der Waals surface area contributed by atoms with Gasteiger partial charge in [0.2, 0.25) is 0 Å². The van der Waals surface area contributed by atoms with Crippen LogP contribution in [-0.2, 0) is 37.5 Å². The minimum atomic E-state index is -4.44. The average molecular weight is 844 g/mol. The highest BCUT2D eigenvalue weighted by molar-refractivity contribution is 7.47. The van der Waals surface area contributed by atoms with Gasteiger partial charge in [-0.15, -0.1) is 0 Å². The fourth-order valence-electron chi connectivity index (χ4n) is 7.23. The first-order chi connectivity index (χ1) is 28.0. The summed E-state index contributed by atoms with van der Waals surface area (Å²) < 4.78 is 32.8. The van der Waals surface area contributed by atoms with E-state index in [4.69, 9.17) is 24.3 Å². The molecular weight excluding hydrogens is 761 g/mol. The van der Waals surface area contributed by atoms with Crippen LogP contribution in [0.2, 0.25) is 0 Å². The van der Waals surface area contributed by atoms with Crippen molar-refractivity contribution in [2.75, 3.05) is 26.4 Å². The van der Waals surface area contributed by atoms with E-state index >= 15 is 0 Å². The van der Waals surface area contributed by atoms with E-state index in [1.165, 1.54) is 64.2 Å². The average Bonchev–Trinajstić information content (AvgIpc) is 3.47. The Bertz CT molecular complexity index is 1170. The number of allylic oxidation sites excluding steroid dienone is 2. The quantitative estimate of drug-likeness (QED) is 0.0199. The monoisotopic (exact) mass is 844 g/mol. The van der Waals surface area contributed by atoms with Crippen molar-refractivity contribution in [3.05, 3.63) is 24.3 Å². The van der Waals surface area contributed by atoms with E-state index in [1.54, 1.807) is 6.08 Å². The first kappa shape index (κ1) is 54.1. The number of unbranched alkanes of at least 4 members (excludes halogenated alkanes) is 18. The van der Waals surface area contributed by atoms with Gasteiger partial charge in [-0.2, -0.15) is 0 Å². The zero-order valence-electron chi connectivity index (χ0n) is 36.2. The van der Waals surface area contributed by atoms with Crippen LogP contribution in [0.15, 0.2) is 24.3 Å². The van der Waals surface area contributed by atoms with E-state index in [0.29, 0.717) is 32.1 Å². The van der Waals surface area contributed by atoms with E-state index in [0.717, 1.165) is 57.8 Å². The number of ether oxygens (including phenoxy) is 2. The molecule has 0 aromatic rings. The number of hydrogen-bond acceptors (Lipinski definition) is 11. The molecule has 0 radical (unpaired) electrons. The number of carbonyl (C=O) groups is 3. The van der Waals surface area contributed by atoms with Crippen LogP contribution in [0, 0.1) is 11.8 Å². The standard InChI is InChI=1S/C45H82NO11P/c1-3-5-7-8-9-10-11-12-13-14-15-16-17-18-19-20-25-29-44(50)54-36-39(37-56-58(52,53)55-34-33-46)57-45(51)30-26-22-21-24-28-40-41(43(49)35-42(40)48)32-31-38(47)27-23-6-4-2/h12-13,31-32,38-41,43,47,49H,3-11,14-30,33-37,46H2,1-2H3,(H,52,53)/b13-12-,32-31+/t38-,39+,40+,41+,43+/m0/s1. The number of phosphoric acid groups is 1. The van der Waals surface area contributed by atoms with Gasteiger partial charge >= 0.3 is 19.8 Å². The third-order valence-electron chi connectivity index (χ3n) is 10.7. The molecule has 0 heterocycles. The fraction of sp³-hybridized carbons (Fsp3) is 0.844. The van der Waals surface area contributed by atoms with Crippen LogP contribution in [0.3, 0.4) is 0 Å². The lowest BCUT2D eigenvalue weighted by Gasteiger charge is -2.20. The van der Waals surface area contributed by atoms with Crippen molar-refractivity contribution in [3.8, 4) is 0 Å². The van der Waals surface area contributed by atoms with Gasteiger partial charge in [0.15, 0.2) is 6.10 Å². The number of ketones is 1. The molecule has 12 nitrogen and oxygen atoms in total. The maximum Gasteiger partial charge on any atom is 0.472 e. The topological polar surface area (TPSA) is 192 Å². The molecule has 13 heteroatoms. The van der Waals surface area contributed by atoms with Crippen molar-refractivity contribution in [1.29, 1.82) is 0 Å². The van der Waals surface area contributed by atoms with Crippen molar-refractivity contribution in [2.45, 2.75) is 206 Å². The minimum absolute atomic E-state index is 0.0147. The summed E-state index contributed by atoms with van der Waals surface area (Å²) >= 11 is 0. The van der Waals surface area contributed by atoms with E-state index in [-0.39, 0.29) is 56.6 Å². The molecule has 5 N–H and O–H groups in total. The number of hydrogen-bond donors (Lipinski definition) is 4. The van der Waals surface area contributed by atoms with Gasteiger partial charge in [0.05, 0.1) is 25.4 Å². The third-order valence-corrected chi connectivity index (χ3v) is 11.7. The maximum absolute atomic E-state index is 12.7. The summed E-state index contributed by atoms with van der Waals surface area (Å²) in [5.41, 5.74) is 5.35. The van der Waals surface area contributed by atoms with Gasteiger partial charge in [-0.1, -0.05) is 141 Å². The molecule has 1 saturated carbocycles. The Morgan fingerprint density at radius 3 is 1.95 bits per heavy atom. The molecule has 0 bridgehead atoms. The number of esters is 2. The Morgan fingerprint density at radius 2 is 1.33 bits per heavy atom. The molecule has 0 amide bonds. The number of phosphoric ester groups is 1. The first-order valence-corrected chi connectivity index (χ1v) is 24.4. The van der Waals surface area contributed by atoms with Crippen molar-refractivity contribution >= 4 is 25.5 Å². The number of rotatable bonds is 39. The van der Waals surface area contributed by atoms with Crippen molar-refractivity contribution in [1.82, 2.24) is 0 Å². The molecule has 1 aliphatic carbocycles. The van der Waals surface area contributed by atoms with Gasteiger partial charge < -0.3 is 30.3 Å². The lowest BCUT2D eigenvalue weighted by atomic mass is 9.88. The lowest BCUT2D eigenvalue weighted by Crippen LogP contribution is -2.29. The number of nitrogens with two attached hydrogens (primary N) is 1. The Balaban J connectivity index is 2.35. The second-order valence-corrected chi connectivity index (χ2v) is 17.5. The molecule has 338 valence electrons. The van der Waals surface area contributed by atoms with Crippen LogP contribution in [0.5, 0.6) is 0 Å². The molecular formula is C45H82NO11P. The van der Waals surface area contributed by atoms with E-state index in [1.807, 2.05) is 6.08 Å². The molecule has 0 aliphatic heterocycles. The Morgan fingerprint density at radius 1 is 0.776 bits per heavy atom. The van der Waals surface area contributed by atoms with Crippen molar-refractivity contribution < 1.29 is 52.6 Å². The normalized spacial score (nSPS) is 19.2. The number of aliphatic hydroxyl groups excluding tert-OH is 2. The summed E-state index contributed by atoms with van der Waals surface area (Å²) in [6, 6.07) is 0. The lowest BCUT2D eigenvalue weighted by molar-refractivity contribution is -0.161. The Hall–Kier alpha value is -1.92. The number of carbonyl (C=O) groups excluding carboxylic acids is 3. The van der Waals surface area contributed by atoms with Gasteiger partial charge in [0.1, 0.15) is 12.4 Å². The predicted molar refractivity (Wildman–Crippen MR) is 230 cm³/mol. The Kier molecular flexibility index (Phi) is 33.4. The van der Waals surface area contributed by atoms with Crippen LogP contribution >= 0.6 is 7.82 Å². The first-order valence-electron chi connectivity index (χ1n) is 22.9. The maximum atomic E-state index is 12.7. The highest BCUT2D eigenvalue weighted by Crippen LogP contribution is 2.43. The van der Waals surface area contributed by atoms with Gasteiger partial charge in [-0.25, -0.2) is 4.57 Å². The van der Waals surface area contributed by atoms with Gasteiger partial charge in [-0.05, 0) is 51.4 Å². The van der Waals surface area contributed by atoms with E-state index in [9.17, 15) is 34.1 Å². The van der Waals surface area contributed by atoms with Crippen LogP contribution in [0.1, 0.15) is 187 Å². The molecule has 1 aliphatic rings. The SMILES string of the molecule is CCCCCCCC/C=C\CCCCCCCCCC(=O)OC[C@H](COP(=O)(O)OCCN)OC(=O)CCCCCC[C@H]1C(=O)C[C@@H](O)[C@@H]1/C=C/[C@@H](O)CCCCC. The van der Waals surface area contributed by atoms with Crippen LogP contribution in [-0.4, -0.2) is 77.5 Å². The van der Waals surface area contributed by atoms with Gasteiger partial charge in [0, 0.05) is 37.6 Å². The van der Waals surface area contributed by atoms with Crippen LogP contribution in [0.25, 0.3) is 0 Å². The Labute approximate surface area is 351 Å². The molecule has 0 saturated heterocycles. The second kappa shape index (κ2) is 35.8. The summed E-state index contributed by atoms with van der Waals surface area (Å²) in [7, 11) is -4.44. The predicted octanol–water partition coefficient (Wildman–Crippen LogP) is 9.76. The molecule has 58 heavy (non-hydrogen) atoms. The third kappa shape index (κ3) is 29.3. The van der Waals surface area contributed by atoms with Crippen LogP contribution in [0.4, 0.5) is 0 Å². The molecule has 1 fully saturated rings. The smallest absolute Gasteiger partial charge is 0.462 e. The fourth-order valence-corrected chi connectivity index (χ4v) is 8.00. The molecule has 6 atom stereocenters. The molecule has 1 rings (SSSR count). The molecule has 0 aromatic heterocycles. The molecule has 0 aromatic carbocycles. The summed E-state index contributed by atoms with van der Waals surface area (Å²) in [4.78, 5) is 47.7. The summed E-state index contributed by atoms with van der Waals surface area (Å²) in [6.45, 7) is 3.35. The van der Waals surface area contributed by atoms with E-state index in [2.05, 4.69) is 26.0 Å². The van der Waals surface area contributed by atoms with Crippen molar-refractivity contribution in [2.24, 2.45) is 17.6 Å². The highest BCUT2D eigenvalue weighted by Gasteiger charge is 2.39. The van der Waals surface area contributed by atoms with Gasteiger partial charge in [0.25, 0.3) is 0 Å². The van der Waals surface area contributed by atoms with Crippen LogP contribution < -0.4 is 5.73 Å². The number of aliphatic hydroxyl groups is 2. The summed E-state index contributed by atoms with van der Waals surface area (Å²) in [5, 5.41) is 20.7. The summed E-state index contributed by atoms with van der Waals surface area (Å²) in [5.74, 6) is -1.54. The number of Topliss-reactive ketones (excluding diaryl/α,β-unsaturated/α-hetero) is 1. The molecule has 0 spiro atoms. The highest BCUT2D eigenvalue weighted by atomic mass is 31.2. The zero-order valence-corrected chi connectivity index (χ0v) is 37.1. The van der Waals surface area contributed by atoms with Gasteiger partial charge in [-0.3, -0.25) is 23.4 Å². The van der Waals surface area contributed by atoms with E-state index < -0.39 is 44.7 Å². The second-order valence-electron chi connectivity index (χ2n) is 16.0. The molecule has 1 unspecified atom stereocenters. The zero-order chi connectivity index (χ0) is 42.7. The summed E-state index contributed by atoms with van der Waals surface area (Å²) in [6.07, 6.45) is 31.0. The largest absolute Gasteiger partial charge is 0.472 e.